The highest BCUT2D eigenvalue weighted by Gasteiger charge is 2.15. The van der Waals surface area contributed by atoms with Gasteiger partial charge in [0, 0.05) is 32.2 Å². The van der Waals surface area contributed by atoms with Gasteiger partial charge in [-0.2, -0.15) is 0 Å². The van der Waals surface area contributed by atoms with Gasteiger partial charge in [-0.05, 0) is 18.9 Å². The quantitative estimate of drug-likeness (QED) is 0.793. The van der Waals surface area contributed by atoms with E-state index < -0.39 is 0 Å². The molecule has 1 saturated heterocycles. The molecule has 1 aliphatic heterocycles. The van der Waals surface area contributed by atoms with Crippen molar-refractivity contribution in [1.82, 2.24) is 15.3 Å². The van der Waals surface area contributed by atoms with Gasteiger partial charge in [-0.15, -0.1) is 0 Å². The van der Waals surface area contributed by atoms with Crippen LogP contribution < -0.4 is 15.5 Å². The molecule has 106 valence electrons. The van der Waals surface area contributed by atoms with Crippen molar-refractivity contribution in [2.75, 3.05) is 42.9 Å². The molecule has 2 N–H and O–H groups in total. The molecule has 19 heavy (non-hydrogen) atoms. The van der Waals surface area contributed by atoms with Crippen LogP contribution in [0.4, 0.5) is 11.6 Å². The molecule has 0 amide bonds. The minimum atomic E-state index is 0.647. The summed E-state index contributed by atoms with van der Waals surface area (Å²) in [6.07, 6.45) is 4.02. The molecule has 2 rings (SSSR count). The fourth-order valence-corrected chi connectivity index (χ4v) is 2.31. The molecule has 2 heterocycles. The second-order valence-electron chi connectivity index (χ2n) is 5.30. The Labute approximate surface area is 115 Å². The van der Waals surface area contributed by atoms with E-state index in [1.54, 1.807) is 6.33 Å². The highest BCUT2D eigenvalue weighted by Crippen LogP contribution is 2.16. The number of aromatic nitrogens is 2. The van der Waals surface area contributed by atoms with E-state index >= 15 is 0 Å². The summed E-state index contributed by atoms with van der Waals surface area (Å²) in [5.41, 5.74) is 0. The highest BCUT2D eigenvalue weighted by atomic mass is 15.2. The molecule has 0 saturated carbocycles. The molecule has 1 aromatic rings. The van der Waals surface area contributed by atoms with E-state index in [9.17, 15) is 0 Å². The summed E-state index contributed by atoms with van der Waals surface area (Å²) in [6, 6.07) is 2.06. The van der Waals surface area contributed by atoms with Crippen LogP contribution in [0.2, 0.25) is 0 Å². The molecule has 1 fully saturated rings. The number of unbranched alkanes of at least 4 members (excludes halogenated alkanes) is 1. The molecule has 0 spiro atoms. The van der Waals surface area contributed by atoms with Gasteiger partial charge >= 0.3 is 0 Å². The smallest absolute Gasteiger partial charge is 0.134 e. The molecule has 1 aliphatic rings. The summed E-state index contributed by atoms with van der Waals surface area (Å²) in [5, 5.41) is 6.81. The Kier molecular flexibility index (Phi) is 5.39. The normalized spacial score (nSPS) is 20.1. The van der Waals surface area contributed by atoms with Crippen LogP contribution in [0.15, 0.2) is 12.4 Å². The van der Waals surface area contributed by atoms with E-state index in [2.05, 4.69) is 45.4 Å². The number of hydrogen-bond donors (Lipinski definition) is 2. The largest absolute Gasteiger partial charge is 0.370 e. The van der Waals surface area contributed by atoms with Gasteiger partial charge in [0.25, 0.3) is 0 Å². The third-order valence-corrected chi connectivity index (χ3v) is 3.40. The zero-order chi connectivity index (χ0) is 13.5. The second-order valence-corrected chi connectivity index (χ2v) is 5.30. The van der Waals surface area contributed by atoms with Crippen LogP contribution in [-0.4, -0.2) is 42.7 Å². The summed E-state index contributed by atoms with van der Waals surface area (Å²) in [7, 11) is 0. The highest BCUT2D eigenvalue weighted by molar-refractivity contribution is 5.48. The third kappa shape index (κ3) is 4.35. The molecule has 0 radical (unpaired) electrons. The van der Waals surface area contributed by atoms with Crippen LogP contribution in [0.25, 0.3) is 0 Å². The number of hydrogen-bond acceptors (Lipinski definition) is 5. The molecular weight excluding hydrogens is 238 g/mol. The Balaban J connectivity index is 2.00. The Morgan fingerprint density at radius 2 is 2.37 bits per heavy atom. The summed E-state index contributed by atoms with van der Waals surface area (Å²) >= 11 is 0. The van der Waals surface area contributed by atoms with Crippen molar-refractivity contribution in [3.63, 3.8) is 0 Å². The first-order chi connectivity index (χ1) is 9.29. The van der Waals surface area contributed by atoms with Gasteiger partial charge in [0.1, 0.15) is 18.0 Å². The van der Waals surface area contributed by atoms with Gasteiger partial charge in [-0.3, -0.25) is 0 Å². The summed E-state index contributed by atoms with van der Waals surface area (Å²) in [5.74, 6) is 2.61. The molecule has 0 bridgehead atoms. The fourth-order valence-electron chi connectivity index (χ4n) is 2.31. The van der Waals surface area contributed by atoms with Crippen molar-refractivity contribution < 1.29 is 0 Å². The van der Waals surface area contributed by atoms with Crippen molar-refractivity contribution in [3.05, 3.63) is 12.4 Å². The second kappa shape index (κ2) is 7.28. The van der Waals surface area contributed by atoms with Gasteiger partial charge in [0.2, 0.25) is 0 Å². The van der Waals surface area contributed by atoms with E-state index in [0.717, 1.165) is 44.4 Å². The van der Waals surface area contributed by atoms with Crippen LogP contribution in [0.3, 0.4) is 0 Å². The number of nitrogens with zero attached hydrogens (tertiary/aromatic N) is 3. The molecule has 5 nitrogen and oxygen atoms in total. The zero-order valence-corrected chi connectivity index (χ0v) is 12.0. The maximum Gasteiger partial charge on any atom is 0.134 e. The average Bonchev–Trinajstić information content (AvgIpc) is 2.64. The van der Waals surface area contributed by atoms with Crippen molar-refractivity contribution in [3.8, 4) is 0 Å². The van der Waals surface area contributed by atoms with Crippen molar-refractivity contribution in [2.24, 2.45) is 5.92 Å². The Bertz CT molecular complexity index is 382. The fraction of sp³-hybridized carbons (Fsp3) is 0.714. The van der Waals surface area contributed by atoms with Gasteiger partial charge in [0.05, 0.1) is 0 Å². The Morgan fingerprint density at radius 3 is 3.21 bits per heavy atom. The lowest BCUT2D eigenvalue weighted by atomic mass is 10.2. The number of rotatable bonds is 5. The monoisotopic (exact) mass is 263 g/mol. The lowest BCUT2D eigenvalue weighted by molar-refractivity contribution is 0.563. The van der Waals surface area contributed by atoms with Crippen molar-refractivity contribution in [1.29, 1.82) is 0 Å². The van der Waals surface area contributed by atoms with Gasteiger partial charge in [-0.25, -0.2) is 9.97 Å². The van der Waals surface area contributed by atoms with Crippen LogP contribution >= 0.6 is 0 Å². The van der Waals surface area contributed by atoms with Crippen LogP contribution in [-0.2, 0) is 0 Å². The first kappa shape index (κ1) is 14.1. The molecule has 0 aliphatic carbocycles. The van der Waals surface area contributed by atoms with Gasteiger partial charge < -0.3 is 15.5 Å². The van der Waals surface area contributed by atoms with E-state index in [-0.39, 0.29) is 0 Å². The van der Waals surface area contributed by atoms with Crippen LogP contribution in [0.1, 0.15) is 26.7 Å². The first-order valence-corrected chi connectivity index (χ1v) is 7.31. The molecule has 1 unspecified atom stereocenters. The number of nitrogens with one attached hydrogen (secondary N) is 2. The van der Waals surface area contributed by atoms with Crippen molar-refractivity contribution >= 4 is 11.6 Å². The maximum absolute atomic E-state index is 4.41. The maximum atomic E-state index is 4.41. The predicted molar refractivity (Wildman–Crippen MR) is 79.7 cm³/mol. The van der Waals surface area contributed by atoms with Gasteiger partial charge in [0.15, 0.2) is 0 Å². The average molecular weight is 263 g/mol. The van der Waals surface area contributed by atoms with E-state index in [1.165, 1.54) is 12.8 Å². The van der Waals surface area contributed by atoms with Gasteiger partial charge in [-0.1, -0.05) is 20.3 Å². The third-order valence-electron chi connectivity index (χ3n) is 3.40. The minimum absolute atomic E-state index is 0.647. The molecular formula is C14H25N5. The van der Waals surface area contributed by atoms with E-state index in [4.69, 9.17) is 0 Å². The lowest BCUT2D eigenvalue weighted by Gasteiger charge is -2.23. The van der Waals surface area contributed by atoms with E-state index in [1.807, 2.05) is 0 Å². The number of anilines is 2. The molecule has 1 aromatic heterocycles. The summed E-state index contributed by atoms with van der Waals surface area (Å²) < 4.78 is 0. The van der Waals surface area contributed by atoms with Crippen LogP contribution in [0, 0.1) is 5.92 Å². The Morgan fingerprint density at radius 1 is 1.47 bits per heavy atom. The minimum Gasteiger partial charge on any atom is -0.370 e. The molecule has 5 heteroatoms. The zero-order valence-electron chi connectivity index (χ0n) is 12.0. The first-order valence-electron chi connectivity index (χ1n) is 7.31. The van der Waals surface area contributed by atoms with Crippen LogP contribution in [0.5, 0.6) is 0 Å². The van der Waals surface area contributed by atoms with Crippen molar-refractivity contribution in [2.45, 2.75) is 26.7 Å². The Hall–Kier alpha value is -1.36. The molecule has 0 aromatic carbocycles. The molecule has 1 atom stereocenters. The topological polar surface area (TPSA) is 53.1 Å². The van der Waals surface area contributed by atoms with E-state index in [0.29, 0.717) is 5.92 Å². The standard InChI is InChI=1S/C14H25N5/c1-3-4-5-16-13-8-14(18-11-17-13)19-7-6-15-9-12(2)10-19/h8,11-12,15H,3-7,9-10H2,1-2H3,(H,16,17,18). The summed E-state index contributed by atoms with van der Waals surface area (Å²) in [4.78, 5) is 11.0. The lowest BCUT2D eigenvalue weighted by Crippen LogP contribution is -2.30. The summed E-state index contributed by atoms with van der Waals surface area (Å²) in [6.45, 7) is 9.61. The predicted octanol–water partition coefficient (Wildman–Crippen LogP) is 1.73. The SMILES string of the molecule is CCCCNc1cc(N2CCNCC(C)C2)ncn1.